The summed E-state index contributed by atoms with van der Waals surface area (Å²) in [5, 5.41) is 17.7. The molecular formula is C17H17NO6S2. The van der Waals surface area contributed by atoms with Gasteiger partial charge in [-0.3, -0.25) is 14.5 Å². The number of aliphatic carboxylic acids is 2. The van der Waals surface area contributed by atoms with E-state index in [1.54, 1.807) is 37.3 Å². The standard InChI is InChI=1S/C17H17NO6S2/c1-2-12(16(22)23)24-11-5-3-10(4-6-11)9-13-15(21)18(17(25)26-13)8-7-14(19)20/h3-6,9,12H,2,7-8H2,1H3,(H,19,20)(H,22,23)/b13-9-. The third kappa shape index (κ3) is 5.06. The van der Waals surface area contributed by atoms with Crippen LogP contribution in [-0.4, -0.2) is 49.9 Å². The van der Waals surface area contributed by atoms with Crippen molar-refractivity contribution in [3.05, 3.63) is 34.7 Å². The topological polar surface area (TPSA) is 104 Å². The molecule has 26 heavy (non-hydrogen) atoms. The van der Waals surface area contributed by atoms with Crippen LogP contribution in [0.1, 0.15) is 25.3 Å². The first-order valence-electron chi connectivity index (χ1n) is 7.78. The highest BCUT2D eigenvalue weighted by Crippen LogP contribution is 2.32. The summed E-state index contributed by atoms with van der Waals surface area (Å²) in [6.45, 7) is 1.76. The summed E-state index contributed by atoms with van der Waals surface area (Å²) >= 11 is 6.25. The summed E-state index contributed by atoms with van der Waals surface area (Å²) in [5.74, 6) is -1.92. The number of hydrogen-bond donors (Lipinski definition) is 2. The maximum Gasteiger partial charge on any atom is 0.344 e. The second-order valence-corrected chi connectivity index (χ2v) is 7.07. The molecule has 0 saturated carbocycles. The van der Waals surface area contributed by atoms with Gasteiger partial charge in [-0.25, -0.2) is 4.79 Å². The van der Waals surface area contributed by atoms with Crippen LogP contribution in [0.3, 0.4) is 0 Å². The number of carboxylic acids is 2. The van der Waals surface area contributed by atoms with Crippen LogP contribution < -0.4 is 4.74 Å². The molecule has 0 spiro atoms. The molecule has 1 amide bonds. The lowest BCUT2D eigenvalue weighted by molar-refractivity contribution is -0.145. The quantitative estimate of drug-likeness (QED) is 0.511. The molecule has 1 atom stereocenters. The smallest absolute Gasteiger partial charge is 0.344 e. The number of rotatable bonds is 8. The maximum absolute atomic E-state index is 12.3. The van der Waals surface area contributed by atoms with E-state index in [1.165, 1.54) is 4.90 Å². The van der Waals surface area contributed by atoms with Gasteiger partial charge in [0, 0.05) is 6.54 Å². The van der Waals surface area contributed by atoms with Crippen LogP contribution >= 0.6 is 24.0 Å². The minimum Gasteiger partial charge on any atom is -0.481 e. The summed E-state index contributed by atoms with van der Waals surface area (Å²) in [5.41, 5.74) is 0.722. The third-order valence-electron chi connectivity index (χ3n) is 3.53. The highest BCUT2D eigenvalue weighted by molar-refractivity contribution is 8.26. The van der Waals surface area contributed by atoms with Crippen LogP contribution in [0, 0.1) is 0 Å². The van der Waals surface area contributed by atoms with Gasteiger partial charge >= 0.3 is 11.9 Å². The maximum atomic E-state index is 12.3. The zero-order valence-corrected chi connectivity index (χ0v) is 15.5. The van der Waals surface area contributed by atoms with E-state index in [4.69, 9.17) is 27.2 Å². The predicted molar refractivity (Wildman–Crippen MR) is 101 cm³/mol. The second-order valence-electron chi connectivity index (χ2n) is 5.40. The molecule has 1 fully saturated rings. The van der Waals surface area contributed by atoms with Crippen LogP contribution in [0.5, 0.6) is 5.75 Å². The van der Waals surface area contributed by atoms with Crippen molar-refractivity contribution in [2.75, 3.05) is 6.54 Å². The lowest BCUT2D eigenvalue weighted by Crippen LogP contribution is -2.30. The average Bonchev–Trinajstić information content (AvgIpc) is 2.85. The zero-order chi connectivity index (χ0) is 19.3. The minimum absolute atomic E-state index is 0.0394. The van der Waals surface area contributed by atoms with E-state index >= 15 is 0 Å². The normalized spacial score (nSPS) is 16.8. The van der Waals surface area contributed by atoms with Crippen LogP contribution in [0.25, 0.3) is 6.08 Å². The fraction of sp³-hybridized carbons (Fsp3) is 0.294. The highest BCUT2D eigenvalue weighted by atomic mass is 32.2. The molecule has 0 aromatic heterocycles. The monoisotopic (exact) mass is 395 g/mol. The van der Waals surface area contributed by atoms with E-state index in [2.05, 4.69) is 0 Å². The van der Waals surface area contributed by atoms with Crippen molar-refractivity contribution in [3.63, 3.8) is 0 Å². The van der Waals surface area contributed by atoms with Crippen LogP contribution in [0.2, 0.25) is 0 Å². The van der Waals surface area contributed by atoms with E-state index in [9.17, 15) is 14.4 Å². The molecule has 9 heteroatoms. The third-order valence-corrected chi connectivity index (χ3v) is 4.90. The molecule has 2 rings (SSSR count). The highest BCUT2D eigenvalue weighted by Gasteiger charge is 2.32. The molecule has 1 unspecified atom stereocenters. The number of benzene rings is 1. The SMILES string of the molecule is CCC(Oc1ccc(/C=C2\SC(=S)N(CCC(=O)O)C2=O)cc1)C(=O)O. The van der Waals surface area contributed by atoms with E-state index in [0.29, 0.717) is 21.4 Å². The minimum atomic E-state index is -1.03. The van der Waals surface area contributed by atoms with Crippen LogP contribution in [0.15, 0.2) is 29.2 Å². The predicted octanol–water partition coefficient (Wildman–Crippen LogP) is 2.60. The summed E-state index contributed by atoms with van der Waals surface area (Å²) in [6.07, 6.45) is 0.911. The van der Waals surface area contributed by atoms with E-state index in [0.717, 1.165) is 17.3 Å². The van der Waals surface area contributed by atoms with Gasteiger partial charge in [-0.2, -0.15) is 0 Å². The number of carbonyl (C=O) groups is 3. The van der Waals surface area contributed by atoms with E-state index in [1.807, 2.05) is 0 Å². The van der Waals surface area contributed by atoms with Crippen molar-refractivity contribution in [2.45, 2.75) is 25.9 Å². The molecule has 0 radical (unpaired) electrons. The Hall–Kier alpha value is -2.39. The Kier molecular flexibility index (Phi) is 6.76. The average molecular weight is 395 g/mol. The first-order chi connectivity index (χ1) is 12.3. The van der Waals surface area contributed by atoms with Crippen molar-refractivity contribution in [1.29, 1.82) is 0 Å². The van der Waals surface area contributed by atoms with Crippen molar-refractivity contribution < 1.29 is 29.3 Å². The largest absolute Gasteiger partial charge is 0.481 e. The van der Waals surface area contributed by atoms with Crippen molar-refractivity contribution in [3.8, 4) is 5.75 Å². The number of thioether (sulfide) groups is 1. The Balaban J connectivity index is 2.07. The van der Waals surface area contributed by atoms with Crippen LogP contribution in [-0.2, 0) is 14.4 Å². The molecule has 138 valence electrons. The Morgan fingerprint density at radius 3 is 2.50 bits per heavy atom. The summed E-state index contributed by atoms with van der Waals surface area (Å²) in [6, 6.07) is 6.66. The Bertz CT molecular complexity index is 759. The van der Waals surface area contributed by atoms with Gasteiger partial charge in [0.25, 0.3) is 5.91 Å². The van der Waals surface area contributed by atoms with Gasteiger partial charge in [-0.15, -0.1) is 0 Å². The Morgan fingerprint density at radius 1 is 1.31 bits per heavy atom. The summed E-state index contributed by atoms with van der Waals surface area (Å²) in [4.78, 5) is 35.7. The van der Waals surface area contributed by atoms with Crippen molar-refractivity contribution in [1.82, 2.24) is 4.90 Å². The fourth-order valence-electron chi connectivity index (χ4n) is 2.17. The van der Waals surface area contributed by atoms with Gasteiger partial charge in [0.1, 0.15) is 10.1 Å². The molecule has 1 aromatic rings. The van der Waals surface area contributed by atoms with Gasteiger partial charge in [0.05, 0.1) is 11.3 Å². The number of hydrogen-bond acceptors (Lipinski definition) is 6. The van der Waals surface area contributed by atoms with Crippen molar-refractivity contribution >= 4 is 52.2 Å². The lowest BCUT2D eigenvalue weighted by Gasteiger charge is -2.13. The number of carbonyl (C=O) groups excluding carboxylic acids is 1. The zero-order valence-electron chi connectivity index (χ0n) is 13.9. The molecule has 1 aliphatic heterocycles. The van der Waals surface area contributed by atoms with Gasteiger partial charge in [0.15, 0.2) is 6.10 Å². The summed E-state index contributed by atoms with van der Waals surface area (Å²) in [7, 11) is 0. The molecular weight excluding hydrogens is 378 g/mol. The number of amides is 1. The molecule has 1 heterocycles. The Labute approximate surface area is 159 Å². The summed E-state index contributed by atoms with van der Waals surface area (Å²) < 4.78 is 5.71. The van der Waals surface area contributed by atoms with Crippen molar-refractivity contribution in [2.24, 2.45) is 0 Å². The molecule has 1 aromatic carbocycles. The first-order valence-corrected chi connectivity index (χ1v) is 9.01. The lowest BCUT2D eigenvalue weighted by atomic mass is 10.2. The molecule has 0 bridgehead atoms. The molecule has 7 nitrogen and oxygen atoms in total. The van der Waals surface area contributed by atoms with E-state index < -0.39 is 18.0 Å². The van der Waals surface area contributed by atoms with Crippen LogP contribution in [0.4, 0.5) is 0 Å². The van der Waals surface area contributed by atoms with Gasteiger partial charge < -0.3 is 14.9 Å². The number of nitrogens with zero attached hydrogens (tertiary/aromatic N) is 1. The molecule has 0 aliphatic carbocycles. The Morgan fingerprint density at radius 2 is 1.96 bits per heavy atom. The van der Waals surface area contributed by atoms with Gasteiger partial charge in [-0.05, 0) is 30.2 Å². The van der Waals surface area contributed by atoms with Gasteiger partial charge in [0.2, 0.25) is 0 Å². The number of thiocarbonyl (C=S) groups is 1. The number of carboxylic acid groups (broad SMARTS) is 2. The molecule has 2 N–H and O–H groups in total. The van der Waals surface area contributed by atoms with E-state index in [-0.39, 0.29) is 18.9 Å². The second kappa shape index (κ2) is 8.81. The first kappa shape index (κ1) is 19.9. The van der Waals surface area contributed by atoms with Gasteiger partial charge in [-0.1, -0.05) is 43.0 Å². The molecule has 1 saturated heterocycles. The fourth-order valence-corrected chi connectivity index (χ4v) is 3.48. The molecule has 1 aliphatic rings. The number of ether oxygens (including phenoxy) is 1.